The van der Waals surface area contributed by atoms with E-state index in [0.717, 1.165) is 17.1 Å². The predicted octanol–water partition coefficient (Wildman–Crippen LogP) is 1.89. The van der Waals surface area contributed by atoms with Crippen LogP contribution in [0.1, 0.15) is 37.9 Å². The second kappa shape index (κ2) is 7.50. The van der Waals surface area contributed by atoms with Gasteiger partial charge < -0.3 is 5.32 Å². The highest BCUT2D eigenvalue weighted by Gasteiger charge is 2.28. The third-order valence-electron chi connectivity index (χ3n) is 4.66. The minimum Gasteiger partial charge on any atom is -0.354 e. The van der Waals surface area contributed by atoms with Gasteiger partial charge in [-0.05, 0) is 19.9 Å². The maximum atomic E-state index is 12.5. The molecule has 7 nitrogen and oxygen atoms in total. The maximum absolute atomic E-state index is 12.5. The molecule has 27 heavy (non-hydrogen) atoms. The molecule has 3 rings (SSSR count). The molecule has 2 aromatic rings. The van der Waals surface area contributed by atoms with Crippen LogP contribution >= 0.6 is 11.8 Å². The third kappa shape index (κ3) is 4.43. The fraction of sp³-hybridized carbons (Fsp3) is 0.579. The highest BCUT2D eigenvalue weighted by Crippen LogP contribution is 2.27. The molecule has 0 saturated carbocycles. The lowest BCUT2D eigenvalue weighted by atomic mass is 9.92. The second-order valence-corrected chi connectivity index (χ2v) is 9.06. The fourth-order valence-corrected chi connectivity index (χ4v) is 4.18. The van der Waals surface area contributed by atoms with E-state index in [0.29, 0.717) is 30.5 Å². The van der Waals surface area contributed by atoms with Gasteiger partial charge in [-0.3, -0.25) is 18.8 Å². The van der Waals surface area contributed by atoms with Gasteiger partial charge >= 0.3 is 0 Å². The zero-order valence-electron chi connectivity index (χ0n) is 16.6. The van der Waals surface area contributed by atoms with Crippen molar-refractivity contribution < 1.29 is 4.79 Å². The monoisotopic (exact) mass is 389 g/mol. The van der Waals surface area contributed by atoms with Crippen molar-refractivity contribution in [3.63, 3.8) is 0 Å². The summed E-state index contributed by atoms with van der Waals surface area (Å²) in [6.45, 7) is 11.6. The molecule has 1 atom stereocenters. The molecule has 1 amide bonds. The number of amides is 1. The molecule has 2 aromatic heterocycles. The summed E-state index contributed by atoms with van der Waals surface area (Å²) in [5, 5.41) is 8.08. The summed E-state index contributed by atoms with van der Waals surface area (Å²) in [6, 6.07) is 3.61. The molecular weight excluding hydrogens is 362 g/mol. The Bertz CT molecular complexity index is 910. The smallest absolute Gasteiger partial charge is 0.254 e. The molecule has 0 bridgehead atoms. The Kier molecular flexibility index (Phi) is 5.46. The minimum atomic E-state index is -0.233. The highest BCUT2D eigenvalue weighted by atomic mass is 32.2. The first-order valence-corrected chi connectivity index (χ1v) is 10.2. The summed E-state index contributed by atoms with van der Waals surface area (Å²) in [4.78, 5) is 29.7. The molecule has 0 spiro atoms. The van der Waals surface area contributed by atoms with Crippen molar-refractivity contribution in [2.75, 3.05) is 12.3 Å². The Morgan fingerprint density at radius 1 is 1.33 bits per heavy atom. The molecule has 0 radical (unpaired) electrons. The van der Waals surface area contributed by atoms with E-state index in [1.807, 2.05) is 45.4 Å². The molecule has 1 aliphatic rings. The molecule has 1 N–H and O–H groups in total. The first kappa shape index (κ1) is 19.7. The van der Waals surface area contributed by atoms with Crippen LogP contribution in [0.25, 0.3) is 0 Å². The third-order valence-corrected chi connectivity index (χ3v) is 5.79. The summed E-state index contributed by atoms with van der Waals surface area (Å²) in [7, 11) is 0. The van der Waals surface area contributed by atoms with Gasteiger partial charge in [0.2, 0.25) is 5.91 Å². The number of thioether (sulfide) groups is 1. The average Bonchev–Trinajstić information content (AvgIpc) is 2.91. The summed E-state index contributed by atoms with van der Waals surface area (Å²) >= 11 is 1.48. The molecule has 146 valence electrons. The number of carbonyl (C=O) groups excluding carboxylic acids is 1. The van der Waals surface area contributed by atoms with E-state index in [1.165, 1.54) is 11.8 Å². The van der Waals surface area contributed by atoms with Crippen LogP contribution in [0.15, 0.2) is 22.1 Å². The summed E-state index contributed by atoms with van der Waals surface area (Å²) in [6.07, 6.45) is 0. The van der Waals surface area contributed by atoms with Crippen LogP contribution in [0.4, 0.5) is 0 Å². The van der Waals surface area contributed by atoms with Gasteiger partial charge in [-0.1, -0.05) is 32.5 Å². The van der Waals surface area contributed by atoms with Crippen molar-refractivity contribution in [2.45, 2.75) is 58.3 Å². The van der Waals surface area contributed by atoms with Gasteiger partial charge in [-0.2, -0.15) is 5.10 Å². The Morgan fingerprint density at radius 2 is 2.07 bits per heavy atom. The number of nitrogens with one attached hydrogen (secondary N) is 1. The maximum Gasteiger partial charge on any atom is 0.254 e. The molecule has 0 aliphatic carbocycles. The topological polar surface area (TPSA) is 81.8 Å². The standard InChI is InChI=1S/C19H27N5O2S/c1-12-8-13(2)24(22-12)7-6-20-17(26)14-10-23-16(25)9-15(19(3,4)5)21-18(23)27-11-14/h8-9,14H,6-7,10-11H2,1-5H3,(H,20,26)/t14-/m0/s1. The van der Waals surface area contributed by atoms with Crippen LogP contribution in [0.3, 0.4) is 0 Å². The van der Waals surface area contributed by atoms with Gasteiger partial charge in [-0.15, -0.1) is 0 Å². The van der Waals surface area contributed by atoms with Crippen molar-refractivity contribution in [1.82, 2.24) is 24.6 Å². The van der Waals surface area contributed by atoms with Gasteiger partial charge in [0.25, 0.3) is 5.56 Å². The van der Waals surface area contributed by atoms with Crippen molar-refractivity contribution in [1.29, 1.82) is 0 Å². The molecule has 0 aromatic carbocycles. The van der Waals surface area contributed by atoms with Crippen molar-refractivity contribution >= 4 is 17.7 Å². The molecule has 1 aliphatic heterocycles. The summed E-state index contributed by atoms with van der Waals surface area (Å²) < 4.78 is 3.51. The molecule has 0 unspecified atom stereocenters. The van der Waals surface area contributed by atoms with Gasteiger partial charge in [0, 0.05) is 36.0 Å². The zero-order valence-corrected chi connectivity index (χ0v) is 17.4. The SMILES string of the molecule is Cc1cc(C)n(CCNC(=O)[C@@H]2CSc3nc(C(C)(C)C)cc(=O)n3C2)n1. The van der Waals surface area contributed by atoms with Gasteiger partial charge in [0.05, 0.1) is 23.9 Å². The average molecular weight is 390 g/mol. The molecule has 8 heteroatoms. The lowest BCUT2D eigenvalue weighted by Crippen LogP contribution is -2.41. The van der Waals surface area contributed by atoms with Crippen LogP contribution in [-0.2, 0) is 23.3 Å². The quantitative estimate of drug-likeness (QED) is 0.808. The van der Waals surface area contributed by atoms with Gasteiger partial charge in [-0.25, -0.2) is 4.98 Å². The van der Waals surface area contributed by atoms with E-state index in [-0.39, 0.29) is 22.8 Å². The summed E-state index contributed by atoms with van der Waals surface area (Å²) in [5.74, 6) is 0.371. The van der Waals surface area contributed by atoms with E-state index in [9.17, 15) is 9.59 Å². The van der Waals surface area contributed by atoms with E-state index in [4.69, 9.17) is 0 Å². The molecular formula is C19H27N5O2S. The molecule has 3 heterocycles. The number of aromatic nitrogens is 4. The number of hydrogen-bond acceptors (Lipinski definition) is 5. The van der Waals surface area contributed by atoms with Gasteiger partial charge in [0.15, 0.2) is 5.16 Å². The van der Waals surface area contributed by atoms with E-state index < -0.39 is 0 Å². The van der Waals surface area contributed by atoms with Crippen LogP contribution in [0.2, 0.25) is 0 Å². The highest BCUT2D eigenvalue weighted by molar-refractivity contribution is 7.99. The number of fused-ring (bicyclic) bond motifs is 1. The first-order chi connectivity index (χ1) is 12.6. The normalized spacial score (nSPS) is 16.9. The van der Waals surface area contributed by atoms with Crippen LogP contribution in [0, 0.1) is 19.8 Å². The Hall–Kier alpha value is -2.09. The van der Waals surface area contributed by atoms with Gasteiger partial charge in [0.1, 0.15) is 0 Å². The number of hydrogen-bond donors (Lipinski definition) is 1. The lowest BCUT2D eigenvalue weighted by molar-refractivity contribution is -0.124. The Balaban J connectivity index is 1.63. The first-order valence-electron chi connectivity index (χ1n) is 9.19. The van der Waals surface area contributed by atoms with Crippen LogP contribution in [0.5, 0.6) is 0 Å². The number of aryl methyl sites for hydroxylation is 2. The summed E-state index contributed by atoms with van der Waals surface area (Å²) in [5.41, 5.74) is 2.58. The number of carbonyl (C=O) groups is 1. The Morgan fingerprint density at radius 3 is 2.70 bits per heavy atom. The molecule has 0 fully saturated rings. The van der Waals surface area contributed by atoms with Crippen molar-refractivity contribution in [2.24, 2.45) is 5.92 Å². The van der Waals surface area contributed by atoms with E-state index >= 15 is 0 Å². The van der Waals surface area contributed by atoms with Crippen molar-refractivity contribution in [3.8, 4) is 0 Å². The lowest BCUT2D eigenvalue weighted by Gasteiger charge is -2.26. The van der Waals surface area contributed by atoms with Crippen LogP contribution in [-0.4, -0.2) is 37.5 Å². The van der Waals surface area contributed by atoms with E-state index in [1.54, 1.807) is 10.6 Å². The number of rotatable bonds is 4. The van der Waals surface area contributed by atoms with E-state index in [2.05, 4.69) is 15.4 Å². The molecule has 0 saturated heterocycles. The number of nitrogens with zero attached hydrogens (tertiary/aromatic N) is 4. The van der Waals surface area contributed by atoms with Crippen LogP contribution < -0.4 is 10.9 Å². The fourth-order valence-electron chi connectivity index (χ4n) is 3.08. The Labute approximate surface area is 163 Å². The second-order valence-electron chi connectivity index (χ2n) is 8.07. The minimum absolute atomic E-state index is 0.0264. The zero-order chi connectivity index (χ0) is 19.8. The largest absolute Gasteiger partial charge is 0.354 e. The van der Waals surface area contributed by atoms with Crippen molar-refractivity contribution in [3.05, 3.63) is 39.6 Å². The predicted molar refractivity (Wildman–Crippen MR) is 106 cm³/mol.